The second kappa shape index (κ2) is 40.1. The van der Waals surface area contributed by atoms with Gasteiger partial charge in [0.15, 0.2) is 0 Å². The molecular weight excluding hydrogens is 1140 g/mol. The molecule has 31 nitrogen and oxygen atoms in total. The minimum Gasteiger partial charge on any atom is -0.463 e. The SMILES string of the molecule is CCCC(C)OC(=O)CCC(=O)N[C@@H](CCN)C(=O)N[C@H](C(=O)N[C@@H](CCN)C(=O)N[C@H]1CCNC(=O)[C@H](C(C)O)NC(=O)[C@H](CCN)NC(=O)[C@H](CCN)NC(=O)[C@H](CC(C)C)NC(=O)[C@@H](Cc2ccccc2)NC(=O)[C@H](CCN)NC1=O)C(C)O. The number of hydrogen-bond donors (Lipinski definition) is 18. The Bertz CT molecular complexity index is 2420. The van der Waals surface area contributed by atoms with Gasteiger partial charge >= 0.3 is 5.97 Å². The fourth-order valence-corrected chi connectivity index (χ4v) is 9.10. The number of nitrogens with one attached hydrogen (secondary N) is 11. The van der Waals surface area contributed by atoms with E-state index >= 15 is 0 Å². The van der Waals surface area contributed by atoms with Gasteiger partial charge in [-0.25, -0.2) is 0 Å². The van der Waals surface area contributed by atoms with Crippen molar-refractivity contribution in [2.75, 3.05) is 39.3 Å². The highest BCUT2D eigenvalue weighted by atomic mass is 16.5. The fourth-order valence-electron chi connectivity index (χ4n) is 9.10. The monoisotopic (exact) mass is 1230 g/mol. The van der Waals surface area contributed by atoms with Gasteiger partial charge in [-0.2, -0.15) is 0 Å². The maximum Gasteiger partial charge on any atom is 0.306 e. The Labute approximate surface area is 507 Å². The first-order valence-corrected chi connectivity index (χ1v) is 29.6. The van der Waals surface area contributed by atoms with Crippen LogP contribution in [-0.4, -0.2) is 199 Å². The van der Waals surface area contributed by atoms with Crippen molar-refractivity contribution in [2.24, 2.45) is 34.6 Å². The van der Waals surface area contributed by atoms with Crippen molar-refractivity contribution in [2.45, 2.75) is 197 Å². The number of benzene rings is 1. The lowest BCUT2D eigenvalue weighted by atomic mass is 10.00. The zero-order chi connectivity index (χ0) is 65.3. The Hall–Kier alpha value is -7.42. The molecule has 1 aromatic rings. The fraction of sp³-hybridized carbons (Fsp3) is 0.679. The van der Waals surface area contributed by atoms with Gasteiger partial charge in [0.05, 0.1) is 24.7 Å². The second-order valence-corrected chi connectivity index (χ2v) is 21.9. The number of carbonyl (C=O) groups excluding carboxylic acids is 12. The van der Waals surface area contributed by atoms with Gasteiger partial charge in [0.25, 0.3) is 0 Å². The molecule has 13 atom stereocenters. The lowest BCUT2D eigenvalue weighted by molar-refractivity contribution is -0.149. The lowest BCUT2D eigenvalue weighted by Gasteiger charge is -2.29. The summed E-state index contributed by atoms with van der Waals surface area (Å²) in [5, 5.41) is 49.3. The van der Waals surface area contributed by atoms with Gasteiger partial charge in [-0.1, -0.05) is 57.5 Å². The summed E-state index contributed by atoms with van der Waals surface area (Å²) in [7, 11) is 0. The van der Waals surface area contributed by atoms with Gasteiger partial charge in [-0.05, 0) is 116 Å². The predicted molar refractivity (Wildman–Crippen MR) is 318 cm³/mol. The highest BCUT2D eigenvalue weighted by Gasteiger charge is 2.38. The molecule has 1 aromatic carbocycles. The minimum atomic E-state index is -1.78. The molecule has 490 valence electrons. The summed E-state index contributed by atoms with van der Waals surface area (Å²) in [5.74, 6) is -11.2. The van der Waals surface area contributed by atoms with Crippen LogP contribution < -0.4 is 87.2 Å². The maximum atomic E-state index is 14.5. The van der Waals surface area contributed by atoms with E-state index in [9.17, 15) is 67.7 Å². The highest BCUT2D eigenvalue weighted by molar-refractivity contribution is 5.99. The summed E-state index contributed by atoms with van der Waals surface area (Å²) >= 11 is 0. The van der Waals surface area contributed by atoms with Crippen LogP contribution in [0, 0.1) is 5.92 Å². The zero-order valence-corrected chi connectivity index (χ0v) is 50.8. The zero-order valence-electron chi connectivity index (χ0n) is 50.8. The molecule has 2 rings (SSSR count). The third kappa shape index (κ3) is 27.4. The molecule has 31 heteroatoms. The summed E-state index contributed by atoms with van der Waals surface area (Å²) < 4.78 is 5.28. The van der Waals surface area contributed by atoms with Gasteiger partial charge in [-0.15, -0.1) is 0 Å². The van der Waals surface area contributed by atoms with Crippen molar-refractivity contribution in [1.29, 1.82) is 0 Å². The molecule has 1 saturated heterocycles. The molecule has 1 aliphatic rings. The van der Waals surface area contributed by atoms with Crippen molar-refractivity contribution in [1.82, 2.24) is 58.5 Å². The van der Waals surface area contributed by atoms with E-state index in [0.29, 0.717) is 12.0 Å². The van der Waals surface area contributed by atoms with E-state index in [1.807, 2.05) is 6.92 Å². The van der Waals surface area contributed by atoms with Crippen molar-refractivity contribution < 1.29 is 72.5 Å². The standard InChI is InChI=1S/C56H96N16O15/c1-7-11-31(4)87-44(76)15-14-43(75)63-35(16-22-57)51(81)72-46(33(6)74)56(86)68-38(19-25-60)48(78)67-40-21-27-62-55(85)45(32(5)73)71-52(82)39(20-26-61)65-47(77)36(17-23-58)66-53(83)41(28-30(2)3)69-54(84)42(29-34-12-9-8-10-13-34)70-49(79)37(18-24-59)64-50(40)80/h8-10,12-13,30-33,35-42,45-46,73-74H,7,11,14-29,57-61H2,1-6H3,(H,62,85)(H,63,75)(H,64,80)(H,65,77)(H,66,83)(H,67,78)(H,68,86)(H,69,84)(H,70,79)(H,71,82)(H,72,81)/t31?,32?,33?,35-,36-,37-,38-,39-,40-,41-,42+,45-,46-/m0/s1. The third-order valence-corrected chi connectivity index (χ3v) is 13.8. The molecule has 23 N–H and O–H groups in total. The molecule has 1 heterocycles. The van der Waals surface area contributed by atoms with Gasteiger partial charge in [-0.3, -0.25) is 57.5 Å². The van der Waals surface area contributed by atoms with Crippen molar-refractivity contribution in [3.8, 4) is 0 Å². The molecular formula is C56H96N16O15. The molecule has 11 amide bonds. The second-order valence-electron chi connectivity index (χ2n) is 21.9. The Kier molecular flexibility index (Phi) is 34.9. The molecule has 1 fully saturated rings. The first-order valence-electron chi connectivity index (χ1n) is 29.6. The number of carbonyl (C=O) groups is 12. The Morgan fingerprint density at radius 2 is 1.07 bits per heavy atom. The van der Waals surface area contributed by atoms with E-state index in [1.165, 1.54) is 6.92 Å². The largest absolute Gasteiger partial charge is 0.463 e. The minimum absolute atomic E-state index is 0.0339. The molecule has 0 bridgehead atoms. The molecule has 3 unspecified atom stereocenters. The van der Waals surface area contributed by atoms with Crippen LogP contribution in [0.1, 0.15) is 118 Å². The number of aliphatic hydroxyl groups excluding tert-OH is 2. The Balaban J connectivity index is 2.66. The van der Waals surface area contributed by atoms with E-state index in [-0.39, 0.29) is 103 Å². The first kappa shape index (κ1) is 75.7. The molecule has 0 aliphatic carbocycles. The molecule has 1 aliphatic heterocycles. The van der Waals surface area contributed by atoms with Crippen LogP contribution >= 0.6 is 0 Å². The van der Waals surface area contributed by atoms with Crippen molar-refractivity contribution in [3.63, 3.8) is 0 Å². The summed E-state index contributed by atoms with van der Waals surface area (Å²) in [6.45, 7) is 8.17. The third-order valence-electron chi connectivity index (χ3n) is 13.8. The maximum absolute atomic E-state index is 14.5. The van der Waals surface area contributed by atoms with Gasteiger partial charge < -0.3 is 102 Å². The summed E-state index contributed by atoms with van der Waals surface area (Å²) in [4.78, 5) is 166. The molecule has 0 radical (unpaired) electrons. The molecule has 0 aromatic heterocycles. The van der Waals surface area contributed by atoms with Crippen LogP contribution in [0.4, 0.5) is 0 Å². The van der Waals surface area contributed by atoms with E-state index in [2.05, 4.69) is 58.5 Å². The highest BCUT2D eigenvalue weighted by Crippen LogP contribution is 2.12. The van der Waals surface area contributed by atoms with Crippen LogP contribution in [-0.2, 0) is 68.7 Å². The van der Waals surface area contributed by atoms with Gasteiger partial charge in [0.2, 0.25) is 65.0 Å². The van der Waals surface area contributed by atoms with Crippen LogP contribution in [0.3, 0.4) is 0 Å². The topological polar surface area (TPSA) is 517 Å². The number of aliphatic hydroxyl groups is 2. The predicted octanol–water partition coefficient (Wildman–Crippen LogP) is -6.34. The van der Waals surface area contributed by atoms with Crippen LogP contribution in [0.5, 0.6) is 0 Å². The molecule has 87 heavy (non-hydrogen) atoms. The number of hydrogen-bond acceptors (Lipinski definition) is 20. The molecule has 0 saturated carbocycles. The van der Waals surface area contributed by atoms with Crippen LogP contribution in [0.25, 0.3) is 0 Å². The molecule has 0 spiro atoms. The van der Waals surface area contributed by atoms with Gasteiger partial charge in [0.1, 0.15) is 60.4 Å². The Morgan fingerprint density at radius 1 is 0.575 bits per heavy atom. The summed E-state index contributed by atoms with van der Waals surface area (Å²) in [6, 6.07) is -6.70. The van der Waals surface area contributed by atoms with Crippen molar-refractivity contribution >= 4 is 70.9 Å². The van der Waals surface area contributed by atoms with E-state index in [0.717, 1.165) is 13.3 Å². The van der Waals surface area contributed by atoms with E-state index in [4.69, 9.17) is 33.4 Å². The van der Waals surface area contributed by atoms with Crippen LogP contribution in [0.2, 0.25) is 0 Å². The summed E-state index contributed by atoms with van der Waals surface area (Å²) in [6.07, 6.45) is -4.46. The quantitative estimate of drug-likeness (QED) is 0.0332. The first-order chi connectivity index (χ1) is 41.2. The number of amides is 11. The number of nitrogens with two attached hydrogens (primary N) is 5. The normalized spacial score (nSPS) is 22.6. The van der Waals surface area contributed by atoms with Gasteiger partial charge in [0, 0.05) is 19.4 Å². The van der Waals surface area contributed by atoms with Crippen LogP contribution in [0.15, 0.2) is 30.3 Å². The number of rotatable bonds is 29. The number of esters is 1. The van der Waals surface area contributed by atoms with E-state index < -0.39 is 157 Å². The smallest absolute Gasteiger partial charge is 0.306 e. The van der Waals surface area contributed by atoms with Crippen molar-refractivity contribution in [3.05, 3.63) is 35.9 Å². The lowest BCUT2D eigenvalue weighted by Crippen LogP contribution is -2.62. The average Bonchev–Trinajstić information content (AvgIpc) is 3.64. The number of ether oxygens (including phenoxy) is 1. The summed E-state index contributed by atoms with van der Waals surface area (Å²) in [5.41, 5.74) is 29.9. The Morgan fingerprint density at radius 3 is 1.57 bits per heavy atom. The average molecular weight is 1230 g/mol. The van der Waals surface area contributed by atoms with E-state index in [1.54, 1.807) is 51.1 Å².